The van der Waals surface area contributed by atoms with Crippen LogP contribution in [0.5, 0.6) is 0 Å². The Morgan fingerprint density at radius 3 is 2.48 bits per heavy atom. The quantitative estimate of drug-likeness (QED) is 0.882. The first kappa shape index (κ1) is 15.9. The molecule has 1 N–H and O–H groups in total. The number of hydrogen-bond donors (Lipinski definition) is 1. The Hall–Kier alpha value is -1.93. The number of sulfonamides is 1. The zero-order valence-electron chi connectivity index (χ0n) is 13.3. The average molecular weight is 337 g/mol. The standard InChI is InChI=1S/C15H19N3O4S/c1-4-18-12-6-5-10(23(21,22)16-15(2)7-8-15)9-11(12)13(19)17(3)14(18)20/h5-6,9,16H,4,7-8H2,1-3H3. The van der Waals surface area contributed by atoms with Crippen LogP contribution in [0.1, 0.15) is 26.7 Å². The van der Waals surface area contributed by atoms with Gasteiger partial charge >= 0.3 is 5.69 Å². The molecule has 1 saturated carbocycles. The highest BCUT2D eigenvalue weighted by molar-refractivity contribution is 7.89. The molecular formula is C15H19N3O4S. The molecule has 7 nitrogen and oxygen atoms in total. The van der Waals surface area contributed by atoms with Crippen molar-refractivity contribution in [3.8, 4) is 0 Å². The molecule has 0 radical (unpaired) electrons. The number of benzene rings is 1. The number of nitrogens with one attached hydrogen (secondary N) is 1. The molecule has 2 aromatic rings. The second-order valence-corrected chi connectivity index (χ2v) is 7.92. The van der Waals surface area contributed by atoms with Crippen molar-refractivity contribution in [2.24, 2.45) is 7.05 Å². The predicted octanol–water partition coefficient (Wildman–Crippen LogP) is 0.551. The molecule has 0 atom stereocenters. The van der Waals surface area contributed by atoms with Gasteiger partial charge in [0, 0.05) is 19.1 Å². The van der Waals surface area contributed by atoms with E-state index in [4.69, 9.17) is 0 Å². The molecule has 1 aromatic carbocycles. The Balaban J connectivity index is 2.24. The number of nitrogens with zero attached hydrogens (tertiary/aromatic N) is 2. The van der Waals surface area contributed by atoms with E-state index >= 15 is 0 Å². The summed E-state index contributed by atoms with van der Waals surface area (Å²) in [5, 5.41) is 0.220. The minimum absolute atomic E-state index is 0.0385. The molecule has 1 fully saturated rings. The van der Waals surface area contributed by atoms with Crippen molar-refractivity contribution in [1.82, 2.24) is 13.9 Å². The summed E-state index contributed by atoms with van der Waals surface area (Å²) in [5.74, 6) is 0. The van der Waals surface area contributed by atoms with Gasteiger partial charge in [-0.15, -0.1) is 0 Å². The fourth-order valence-corrected chi connectivity index (χ4v) is 4.11. The Kier molecular flexibility index (Phi) is 3.49. The lowest BCUT2D eigenvalue weighted by molar-refractivity contribution is 0.558. The van der Waals surface area contributed by atoms with Gasteiger partial charge in [0.15, 0.2) is 0 Å². The molecule has 0 bridgehead atoms. The van der Waals surface area contributed by atoms with E-state index in [-0.39, 0.29) is 15.8 Å². The van der Waals surface area contributed by atoms with Gasteiger partial charge in [0.25, 0.3) is 5.56 Å². The Bertz CT molecular complexity index is 1010. The lowest BCUT2D eigenvalue weighted by Crippen LogP contribution is -2.38. The van der Waals surface area contributed by atoms with E-state index < -0.39 is 21.3 Å². The third-order valence-corrected chi connectivity index (χ3v) is 5.96. The van der Waals surface area contributed by atoms with Gasteiger partial charge in [-0.2, -0.15) is 0 Å². The van der Waals surface area contributed by atoms with Crippen LogP contribution in [0.2, 0.25) is 0 Å². The van der Waals surface area contributed by atoms with E-state index in [2.05, 4.69) is 4.72 Å². The van der Waals surface area contributed by atoms with Crippen LogP contribution in [-0.2, 0) is 23.6 Å². The lowest BCUT2D eigenvalue weighted by atomic mass is 10.2. The van der Waals surface area contributed by atoms with Crippen LogP contribution in [0, 0.1) is 0 Å². The summed E-state index contributed by atoms with van der Waals surface area (Å²) in [7, 11) is -2.30. The molecule has 0 spiro atoms. The molecule has 0 saturated heterocycles. The van der Waals surface area contributed by atoms with Gasteiger partial charge in [-0.05, 0) is 44.9 Å². The fraction of sp³-hybridized carbons (Fsp3) is 0.467. The molecule has 1 aliphatic rings. The first-order valence-corrected chi connectivity index (χ1v) is 8.94. The summed E-state index contributed by atoms with van der Waals surface area (Å²) in [6.45, 7) is 4.04. The topological polar surface area (TPSA) is 90.2 Å². The third kappa shape index (κ3) is 2.61. The molecule has 124 valence electrons. The minimum atomic E-state index is -3.69. The zero-order chi connectivity index (χ0) is 17.0. The van der Waals surface area contributed by atoms with Crippen LogP contribution < -0.4 is 16.0 Å². The predicted molar refractivity (Wildman–Crippen MR) is 87.1 cm³/mol. The summed E-state index contributed by atoms with van der Waals surface area (Å²) < 4.78 is 30.0. The first-order chi connectivity index (χ1) is 10.7. The van der Waals surface area contributed by atoms with Gasteiger partial charge in [0.2, 0.25) is 10.0 Å². The highest BCUT2D eigenvalue weighted by Gasteiger charge is 2.41. The van der Waals surface area contributed by atoms with Gasteiger partial charge in [0.1, 0.15) is 0 Å². The fourth-order valence-electron chi connectivity index (χ4n) is 2.62. The minimum Gasteiger partial charge on any atom is -0.293 e. The van der Waals surface area contributed by atoms with Crippen molar-refractivity contribution in [1.29, 1.82) is 0 Å². The van der Waals surface area contributed by atoms with Crippen molar-refractivity contribution in [2.75, 3.05) is 0 Å². The van der Waals surface area contributed by atoms with E-state index in [1.54, 1.807) is 6.92 Å². The van der Waals surface area contributed by atoms with E-state index in [0.29, 0.717) is 12.1 Å². The van der Waals surface area contributed by atoms with Crippen LogP contribution in [0.3, 0.4) is 0 Å². The maximum absolute atomic E-state index is 12.5. The molecule has 1 aromatic heterocycles. The van der Waals surface area contributed by atoms with Crippen LogP contribution in [0.25, 0.3) is 10.9 Å². The maximum atomic E-state index is 12.5. The van der Waals surface area contributed by atoms with Gasteiger partial charge in [-0.1, -0.05) is 0 Å². The van der Waals surface area contributed by atoms with E-state index in [0.717, 1.165) is 17.4 Å². The summed E-state index contributed by atoms with van der Waals surface area (Å²) in [5.41, 5.74) is -0.855. The van der Waals surface area contributed by atoms with Crippen molar-refractivity contribution in [3.05, 3.63) is 39.0 Å². The Morgan fingerprint density at radius 2 is 1.91 bits per heavy atom. The highest BCUT2D eigenvalue weighted by Crippen LogP contribution is 2.36. The number of aryl methyl sites for hydroxylation is 1. The van der Waals surface area contributed by atoms with E-state index in [9.17, 15) is 18.0 Å². The van der Waals surface area contributed by atoms with Crippen molar-refractivity contribution >= 4 is 20.9 Å². The summed E-state index contributed by atoms with van der Waals surface area (Å²) in [6, 6.07) is 4.30. The second kappa shape index (κ2) is 5.04. The number of rotatable bonds is 4. The molecule has 0 unspecified atom stereocenters. The number of aromatic nitrogens is 2. The number of hydrogen-bond acceptors (Lipinski definition) is 4. The smallest absolute Gasteiger partial charge is 0.293 e. The molecule has 0 aliphatic heterocycles. The average Bonchev–Trinajstić information content (AvgIpc) is 3.21. The van der Waals surface area contributed by atoms with Crippen LogP contribution in [0.15, 0.2) is 32.7 Å². The molecule has 1 aliphatic carbocycles. The second-order valence-electron chi connectivity index (χ2n) is 6.24. The Labute approximate surface area is 133 Å². The van der Waals surface area contributed by atoms with E-state index in [1.807, 2.05) is 6.92 Å². The molecule has 1 heterocycles. The Morgan fingerprint density at radius 1 is 1.26 bits per heavy atom. The van der Waals surface area contributed by atoms with Crippen molar-refractivity contribution < 1.29 is 8.42 Å². The van der Waals surface area contributed by atoms with Crippen LogP contribution >= 0.6 is 0 Å². The summed E-state index contributed by atoms with van der Waals surface area (Å²) >= 11 is 0. The normalized spacial score (nSPS) is 16.7. The van der Waals surface area contributed by atoms with E-state index in [1.165, 1.54) is 29.8 Å². The van der Waals surface area contributed by atoms with Gasteiger partial charge in [-0.3, -0.25) is 13.9 Å². The molecular weight excluding hydrogens is 318 g/mol. The highest BCUT2D eigenvalue weighted by atomic mass is 32.2. The van der Waals surface area contributed by atoms with Crippen molar-refractivity contribution in [3.63, 3.8) is 0 Å². The maximum Gasteiger partial charge on any atom is 0.331 e. The zero-order valence-corrected chi connectivity index (χ0v) is 14.1. The molecule has 8 heteroatoms. The van der Waals surface area contributed by atoms with Gasteiger partial charge in [-0.25, -0.2) is 17.9 Å². The first-order valence-electron chi connectivity index (χ1n) is 7.46. The third-order valence-electron chi connectivity index (χ3n) is 4.32. The van der Waals surface area contributed by atoms with Crippen LogP contribution in [-0.4, -0.2) is 23.1 Å². The SMILES string of the molecule is CCn1c(=O)n(C)c(=O)c2cc(S(=O)(=O)NC3(C)CC3)ccc21. The summed E-state index contributed by atoms with van der Waals surface area (Å²) in [4.78, 5) is 24.5. The molecule has 23 heavy (non-hydrogen) atoms. The van der Waals surface area contributed by atoms with Crippen molar-refractivity contribution in [2.45, 2.75) is 43.7 Å². The lowest BCUT2D eigenvalue weighted by Gasteiger charge is -2.14. The monoisotopic (exact) mass is 337 g/mol. The summed E-state index contributed by atoms with van der Waals surface area (Å²) in [6.07, 6.45) is 1.61. The molecule has 3 rings (SSSR count). The van der Waals surface area contributed by atoms with Gasteiger partial charge < -0.3 is 0 Å². The molecule has 0 amide bonds. The number of fused-ring (bicyclic) bond motifs is 1. The van der Waals surface area contributed by atoms with Gasteiger partial charge in [0.05, 0.1) is 15.8 Å². The van der Waals surface area contributed by atoms with Crippen LogP contribution in [0.4, 0.5) is 0 Å². The largest absolute Gasteiger partial charge is 0.331 e.